The molecule has 0 aliphatic carbocycles. The lowest BCUT2D eigenvalue weighted by Gasteiger charge is -2.46. The minimum absolute atomic E-state index is 0.353. The van der Waals surface area contributed by atoms with E-state index in [1.54, 1.807) is 17.1 Å². The summed E-state index contributed by atoms with van der Waals surface area (Å²) in [4.78, 5) is 1.74. The van der Waals surface area contributed by atoms with Crippen molar-refractivity contribution in [2.75, 3.05) is 26.3 Å². The zero-order chi connectivity index (χ0) is 24.0. The molecule has 0 aromatic carbocycles. The summed E-state index contributed by atoms with van der Waals surface area (Å²) in [5.41, 5.74) is -1.04. The van der Waals surface area contributed by atoms with Crippen molar-refractivity contribution >= 4 is 28.3 Å². The molecule has 2 aliphatic heterocycles. The second kappa shape index (κ2) is 12.7. The number of nitrogens with zero attached hydrogens (tertiary/aromatic N) is 1. The van der Waals surface area contributed by atoms with Crippen LogP contribution in [0.25, 0.3) is 0 Å². The second-order valence-electron chi connectivity index (χ2n) is 7.37. The predicted octanol–water partition coefficient (Wildman–Crippen LogP) is -2.70. The van der Waals surface area contributed by atoms with Crippen molar-refractivity contribution in [3.63, 3.8) is 0 Å². The summed E-state index contributed by atoms with van der Waals surface area (Å²) in [7, 11) is 0. The Morgan fingerprint density at radius 3 is 2.00 bits per heavy atom. The minimum Gasteiger partial charge on any atom is -0.394 e. The van der Waals surface area contributed by atoms with Crippen molar-refractivity contribution < 1.29 is 50.0 Å². The Morgan fingerprint density at radius 2 is 1.47 bits per heavy atom. The van der Waals surface area contributed by atoms with Crippen LogP contribution in [-0.2, 0) is 14.2 Å². The highest BCUT2D eigenvalue weighted by molar-refractivity contribution is 8.23. The average Bonchev–Trinajstić information content (AvgIpc) is 2.78. The zero-order valence-electron chi connectivity index (χ0n) is 17.3. The Morgan fingerprint density at radius 1 is 0.875 bits per heavy atom. The first-order valence-corrected chi connectivity index (χ1v) is 11.2. The van der Waals surface area contributed by atoms with Gasteiger partial charge in [0.2, 0.25) is 0 Å². The van der Waals surface area contributed by atoms with Gasteiger partial charge in [0.05, 0.1) is 13.2 Å². The molecule has 2 rings (SSSR count). The molecule has 0 unspecified atom stereocenters. The van der Waals surface area contributed by atoms with Gasteiger partial charge in [-0.25, -0.2) is 0 Å². The maximum atomic E-state index is 10.7. The molecule has 0 bridgehead atoms. The first-order chi connectivity index (χ1) is 15.2. The first-order valence-electron chi connectivity index (χ1n) is 9.95. The van der Waals surface area contributed by atoms with Crippen LogP contribution in [0.2, 0.25) is 0 Å². The Balaban J connectivity index is 2.10. The average molecular weight is 498 g/mol. The Labute approximate surface area is 195 Å². The van der Waals surface area contributed by atoms with Crippen LogP contribution < -0.4 is 0 Å². The van der Waals surface area contributed by atoms with E-state index in [4.69, 9.17) is 26.4 Å². The van der Waals surface area contributed by atoms with Gasteiger partial charge in [-0.15, -0.1) is 13.2 Å². The Kier molecular flexibility index (Phi) is 10.9. The molecule has 0 saturated carbocycles. The third-order valence-electron chi connectivity index (χ3n) is 5.13. The minimum atomic E-state index is -1.72. The SMILES string of the molecule is C=CCN(CC=C)C(=S)S[C@@H]1O[C@H](CO)[C@@H](O[C@@H]2O[C@H](CO)[C@H](O)[C@H](O)[C@H]2O)[C@H](O)[C@H]1O. The van der Waals surface area contributed by atoms with Crippen molar-refractivity contribution in [1.29, 1.82) is 0 Å². The summed E-state index contributed by atoms with van der Waals surface area (Å²) in [5, 5.41) is 70.3. The molecule has 0 aromatic heterocycles. The summed E-state index contributed by atoms with van der Waals surface area (Å²) < 4.78 is 16.9. The molecule has 0 spiro atoms. The lowest BCUT2D eigenvalue weighted by atomic mass is 9.97. The van der Waals surface area contributed by atoms with E-state index in [1.165, 1.54) is 0 Å². The molecule has 2 heterocycles. The van der Waals surface area contributed by atoms with Gasteiger partial charge < -0.3 is 54.9 Å². The van der Waals surface area contributed by atoms with Crippen LogP contribution in [0.3, 0.4) is 0 Å². The fourth-order valence-electron chi connectivity index (χ4n) is 3.36. The van der Waals surface area contributed by atoms with Crippen molar-refractivity contribution in [2.45, 2.75) is 60.6 Å². The summed E-state index contributed by atoms with van der Waals surface area (Å²) >= 11 is 6.35. The number of aliphatic hydroxyl groups excluding tert-OH is 7. The standard InChI is InChI=1S/C19H31NO10S2/c1-3-5-20(6-4-2)19(31)32-18-15(27)13(25)16(10(8-22)29-18)30-17-14(26)12(24)11(23)9(7-21)28-17/h3-4,9-18,21-27H,1-2,5-8H2/t9-,10-,11+,12+,13-,14-,15-,16-,17+,18+/m1/s1. The lowest BCUT2D eigenvalue weighted by Crippen LogP contribution is -2.64. The quantitative estimate of drug-likeness (QED) is 0.130. The van der Waals surface area contributed by atoms with E-state index in [0.717, 1.165) is 11.8 Å². The zero-order valence-corrected chi connectivity index (χ0v) is 18.9. The second-order valence-corrected chi connectivity index (χ2v) is 9.10. The number of thioether (sulfide) groups is 1. The van der Waals surface area contributed by atoms with Crippen molar-refractivity contribution in [1.82, 2.24) is 4.90 Å². The van der Waals surface area contributed by atoms with Gasteiger partial charge in [0.1, 0.15) is 58.6 Å². The Hall–Kier alpha value is -0.680. The first kappa shape index (κ1) is 27.6. The fourth-order valence-corrected chi connectivity index (χ4v) is 4.79. The lowest BCUT2D eigenvalue weighted by molar-refractivity contribution is -0.338. The molecule has 7 N–H and O–H groups in total. The van der Waals surface area contributed by atoms with Crippen LogP contribution in [-0.4, -0.2) is 132 Å². The summed E-state index contributed by atoms with van der Waals surface area (Å²) in [5.74, 6) is 0. The van der Waals surface area contributed by atoms with Crippen molar-refractivity contribution in [3.8, 4) is 0 Å². The molecule has 0 radical (unpaired) electrons. The molecule has 184 valence electrons. The third kappa shape index (κ3) is 6.25. The van der Waals surface area contributed by atoms with Gasteiger partial charge in [-0.05, 0) is 0 Å². The number of aliphatic hydroxyl groups is 7. The molecule has 32 heavy (non-hydrogen) atoms. The summed E-state index contributed by atoms with van der Waals surface area (Å²) in [6.07, 6.45) is -10.1. The topological polar surface area (TPSA) is 173 Å². The van der Waals surface area contributed by atoms with Crippen LogP contribution in [0.5, 0.6) is 0 Å². The van der Waals surface area contributed by atoms with Crippen LogP contribution in [0.1, 0.15) is 0 Å². The smallest absolute Gasteiger partial charge is 0.187 e. The predicted molar refractivity (Wildman–Crippen MR) is 119 cm³/mol. The molecular formula is C19H31NO10S2. The van der Waals surface area contributed by atoms with Crippen LogP contribution in [0.4, 0.5) is 0 Å². The van der Waals surface area contributed by atoms with Gasteiger partial charge in [-0.2, -0.15) is 0 Å². The van der Waals surface area contributed by atoms with E-state index in [9.17, 15) is 35.7 Å². The van der Waals surface area contributed by atoms with Crippen molar-refractivity contribution in [2.24, 2.45) is 0 Å². The van der Waals surface area contributed by atoms with Gasteiger partial charge in [0.25, 0.3) is 0 Å². The number of ether oxygens (including phenoxy) is 3. The van der Waals surface area contributed by atoms with E-state index < -0.39 is 73.8 Å². The molecule has 2 aliphatic rings. The highest BCUT2D eigenvalue weighted by Crippen LogP contribution is 2.33. The number of rotatable bonds is 9. The van der Waals surface area contributed by atoms with E-state index in [1.807, 2.05) is 0 Å². The fraction of sp³-hybridized carbons (Fsp3) is 0.737. The van der Waals surface area contributed by atoms with Gasteiger partial charge in [0, 0.05) is 13.1 Å². The summed E-state index contributed by atoms with van der Waals surface area (Å²) in [6, 6.07) is 0. The highest BCUT2D eigenvalue weighted by atomic mass is 32.2. The molecule has 0 amide bonds. The molecule has 10 atom stereocenters. The molecule has 2 saturated heterocycles. The van der Waals surface area contributed by atoms with E-state index in [-0.39, 0.29) is 0 Å². The Bertz CT molecular complexity index is 629. The molecule has 0 aromatic rings. The normalized spacial score (nSPS) is 40.0. The van der Waals surface area contributed by atoms with Crippen LogP contribution in [0, 0.1) is 0 Å². The largest absolute Gasteiger partial charge is 0.394 e. The number of hydrogen-bond acceptors (Lipinski definition) is 12. The summed E-state index contributed by atoms with van der Waals surface area (Å²) in [6.45, 7) is 6.90. The monoisotopic (exact) mass is 497 g/mol. The number of thiocarbonyl (C=S) groups is 1. The van der Waals surface area contributed by atoms with Crippen LogP contribution in [0.15, 0.2) is 25.3 Å². The molecule has 13 heteroatoms. The van der Waals surface area contributed by atoms with Gasteiger partial charge in [-0.3, -0.25) is 0 Å². The van der Waals surface area contributed by atoms with Gasteiger partial charge >= 0.3 is 0 Å². The third-order valence-corrected chi connectivity index (χ3v) is 6.76. The highest BCUT2D eigenvalue weighted by Gasteiger charge is 2.50. The maximum absolute atomic E-state index is 10.7. The van der Waals surface area contributed by atoms with E-state index in [0.29, 0.717) is 17.4 Å². The van der Waals surface area contributed by atoms with E-state index >= 15 is 0 Å². The van der Waals surface area contributed by atoms with Gasteiger partial charge in [-0.1, -0.05) is 36.1 Å². The molecule has 11 nitrogen and oxygen atoms in total. The van der Waals surface area contributed by atoms with Crippen molar-refractivity contribution in [3.05, 3.63) is 25.3 Å². The maximum Gasteiger partial charge on any atom is 0.187 e. The van der Waals surface area contributed by atoms with Gasteiger partial charge in [0.15, 0.2) is 6.29 Å². The van der Waals surface area contributed by atoms with E-state index in [2.05, 4.69) is 13.2 Å². The van der Waals surface area contributed by atoms with Crippen LogP contribution >= 0.6 is 24.0 Å². The molecule has 2 fully saturated rings. The molecular weight excluding hydrogens is 466 g/mol. The number of hydrogen-bond donors (Lipinski definition) is 7.